The van der Waals surface area contributed by atoms with Crippen LogP contribution in [0.15, 0.2) is 75.8 Å². The Bertz CT molecular complexity index is 1350. The molecule has 0 saturated heterocycles. The number of nitro benzene ring substituents is 1. The summed E-state index contributed by atoms with van der Waals surface area (Å²) in [5, 5.41) is 11.0. The molecule has 1 aliphatic rings. The number of hydrogen-bond acceptors (Lipinski definition) is 7. The van der Waals surface area contributed by atoms with Gasteiger partial charge in [0.25, 0.3) is 5.69 Å². The maximum absolute atomic E-state index is 12.4. The predicted octanol–water partition coefficient (Wildman–Crippen LogP) is 5.60. The Balaban J connectivity index is 1.59. The highest BCUT2D eigenvalue weighted by Gasteiger charge is 2.25. The second-order valence-corrected chi connectivity index (χ2v) is 8.26. The number of aliphatic imine (C=N–C) groups is 1. The number of ether oxygens (including phenoxy) is 3. The molecule has 0 aromatic heterocycles. The largest absolute Gasteiger partial charge is 0.493 e. The number of cyclic esters (lactones) is 1. The molecule has 0 radical (unpaired) electrons. The van der Waals surface area contributed by atoms with Crippen LogP contribution in [0, 0.1) is 17.0 Å². The number of carbonyl (C=O) groups excluding carboxylic acids is 1. The normalized spacial score (nSPS) is 14.0. The van der Waals surface area contributed by atoms with Crippen molar-refractivity contribution >= 4 is 39.6 Å². The van der Waals surface area contributed by atoms with Gasteiger partial charge in [0.05, 0.1) is 16.5 Å². The highest BCUT2D eigenvalue weighted by molar-refractivity contribution is 9.10. The smallest absolute Gasteiger partial charge is 0.363 e. The average Bonchev–Trinajstić information content (AvgIpc) is 3.18. The first kappa shape index (κ1) is 23.2. The van der Waals surface area contributed by atoms with Crippen LogP contribution in [-0.2, 0) is 16.1 Å². The van der Waals surface area contributed by atoms with Gasteiger partial charge in [0, 0.05) is 17.7 Å². The number of nitro groups is 1. The molecule has 1 heterocycles. The quantitative estimate of drug-likeness (QED) is 0.173. The van der Waals surface area contributed by atoms with Gasteiger partial charge in [-0.3, -0.25) is 10.1 Å². The molecule has 172 valence electrons. The number of rotatable bonds is 7. The van der Waals surface area contributed by atoms with E-state index in [9.17, 15) is 14.9 Å². The molecule has 3 aromatic rings. The Morgan fingerprint density at radius 3 is 2.68 bits per heavy atom. The molecule has 0 aliphatic carbocycles. The first-order valence-corrected chi connectivity index (χ1v) is 11.0. The van der Waals surface area contributed by atoms with Gasteiger partial charge in [0.15, 0.2) is 17.2 Å². The summed E-state index contributed by atoms with van der Waals surface area (Å²) in [6.45, 7) is 2.02. The lowest BCUT2D eigenvalue weighted by Crippen LogP contribution is -2.06. The van der Waals surface area contributed by atoms with Crippen molar-refractivity contribution in [3.63, 3.8) is 0 Å². The van der Waals surface area contributed by atoms with Crippen molar-refractivity contribution in [2.75, 3.05) is 7.11 Å². The van der Waals surface area contributed by atoms with Crippen molar-refractivity contribution in [2.24, 2.45) is 4.99 Å². The van der Waals surface area contributed by atoms with Crippen LogP contribution in [0.3, 0.4) is 0 Å². The fraction of sp³-hybridized carbons (Fsp3) is 0.120. The van der Waals surface area contributed by atoms with E-state index in [2.05, 4.69) is 20.9 Å². The Kier molecular flexibility index (Phi) is 6.74. The zero-order chi connectivity index (χ0) is 24.2. The maximum Gasteiger partial charge on any atom is 0.363 e. The molecule has 0 bridgehead atoms. The van der Waals surface area contributed by atoms with Crippen LogP contribution < -0.4 is 9.47 Å². The lowest BCUT2D eigenvalue weighted by Gasteiger charge is -2.13. The molecule has 0 spiro atoms. The van der Waals surface area contributed by atoms with E-state index in [1.807, 2.05) is 31.2 Å². The zero-order valence-electron chi connectivity index (χ0n) is 18.3. The molecule has 0 fully saturated rings. The molecule has 0 atom stereocenters. The third kappa shape index (κ3) is 4.99. The number of hydrogen-bond donors (Lipinski definition) is 0. The highest BCUT2D eigenvalue weighted by atomic mass is 79.9. The first-order valence-electron chi connectivity index (χ1n) is 10.2. The van der Waals surface area contributed by atoms with Gasteiger partial charge in [-0.25, -0.2) is 9.79 Å². The Morgan fingerprint density at radius 1 is 1.15 bits per heavy atom. The Labute approximate surface area is 203 Å². The van der Waals surface area contributed by atoms with Crippen LogP contribution in [0.2, 0.25) is 0 Å². The lowest BCUT2D eigenvalue weighted by atomic mass is 10.1. The third-order valence-corrected chi connectivity index (χ3v) is 5.64. The van der Waals surface area contributed by atoms with Gasteiger partial charge >= 0.3 is 5.97 Å². The average molecular weight is 523 g/mol. The summed E-state index contributed by atoms with van der Waals surface area (Å²) in [6, 6.07) is 17.2. The van der Waals surface area contributed by atoms with Crippen LogP contribution in [0.1, 0.15) is 22.3 Å². The molecule has 3 aromatic carbocycles. The molecule has 1 aliphatic heterocycles. The van der Waals surface area contributed by atoms with Crippen molar-refractivity contribution in [1.29, 1.82) is 0 Å². The minimum Gasteiger partial charge on any atom is -0.493 e. The molecule has 9 heteroatoms. The SMILES string of the molecule is COc1cc(/C=C2\N=C(c3ccccc3C)OC2=O)cc(Br)c1OCc1cccc([N+](=O)[O-])c1. The van der Waals surface area contributed by atoms with Crippen molar-refractivity contribution in [2.45, 2.75) is 13.5 Å². The summed E-state index contributed by atoms with van der Waals surface area (Å²) in [5.74, 6) is 0.562. The number of non-ortho nitro benzene ring substituents is 1. The monoisotopic (exact) mass is 522 g/mol. The van der Waals surface area contributed by atoms with Crippen LogP contribution in [0.4, 0.5) is 5.69 Å². The molecule has 0 unspecified atom stereocenters. The molecular formula is C25H19BrN2O6. The van der Waals surface area contributed by atoms with E-state index in [4.69, 9.17) is 14.2 Å². The Hall–Kier alpha value is -3.98. The summed E-state index contributed by atoms with van der Waals surface area (Å²) in [6.07, 6.45) is 1.60. The van der Waals surface area contributed by atoms with Crippen molar-refractivity contribution < 1.29 is 23.9 Å². The minimum absolute atomic E-state index is 0.0110. The van der Waals surface area contributed by atoms with Gasteiger partial charge in [-0.05, 0) is 63.8 Å². The molecule has 0 N–H and O–H groups in total. The Morgan fingerprint density at radius 2 is 1.94 bits per heavy atom. The van der Waals surface area contributed by atoms with Crippen LogP contribution in [-0.4, -0.2) is 23.9 Å². The van der Waals surface area contributed by atoms with Gasteiger partial charge in [-0.2, -0.15) is 0 Å². The highest BCUT2D eigenvalue weighted by Crippen LogP contribution is 2.38. The summed E-state index contributed by atoms with van der Waals surface area (Å²) >= 11 is 3.48. The van der Waals surface area contributed by atoms with Gasteiger partial charge in [-0.15, -0.1) is 0 Å². The van der Waals surface area contributed by atoms with Gasteiger partial charge in [0.1, 0.15) is 6.61 Å². The van der Waals surface area contributed by atoms with E-state index >= 15 is 0 Å². The lowest BCUT2D eigenvalue weighted by molar-refractivity contribution is -0.384. The fourth-order valence-electron chi connectivity index (χ4n) is 3.37. The first-order chi connectivity index (χ1) is 16.4. The van der Waals surface area contributed by atoms with E-state index < -0.39 is 10.9 Å². The van der Waals surface area contributed by atoms with E-state index in [1.165, 1.54) is 19.2 Å². The number of carbonyl (C=O) groups is 1. The molecule has 8 nitrogen and oxygen atoms in total. The summed E-state index contributed by atoms with van der Waals surface area (Å²) in [5.41, 5.74) is 3.14. The summed E-state index contributed by atoms with van der Waals surface area (Å²) < 4.78 is 17.3. The molecular weight excluding hydrogens is 504 g/mol. The van der Waals surface area contributed by atoms with E-state index in [0.717, 1.165) is 11.1 Å². The predicted molar refractivity (Wildman–Crippen MR) is 130 cm³/mol. The number of aryl methyl sites for hydroxylation is 1. The second kappa shape index (κ2) is 9.88. The maximum atomic E-state index is 12.4. The molecule has 0 amide bonds. The number of methoxy groups -OCH3 is 1. The number of benzene rings is 3. The summed E-state index contributed by atoms with van der Waals surface area (Å²) in [4.78, 5) is 27.3. The number of halogens is 1. The third-order valence-electron chi connectivity index (χ3n) is 5.06. The van der Waals surface area contributed by atoms with Crippen molar-refractivity contribution in [1.82, 2.24) is 0 Å². The van der Waals surface area contributed by atoms with Gasteiger partial charge in [-0.1, -0.05) is 30.3 Å². The minimum atomic E-state index is -0.542. The fourth-order valence-corrected chi connectivity index (χ4v) is 3.95. The van der Waals surface area contributed by atoms with E-state index in [-0.39, 0.29) is 23.9 Å². The molecule has 4 rings (SSSR count). The topological polar surface area (TPSA) is 100 Å². The van der Waals surface area contributed by atoms with Crippen LogP contribution in [0.25, 0.3) is 6.08 Å². The van der Waals surface area contributed by atoms with Crippen LogP contribution in [0.5, 0.6) is 11.5 Å². The zero-order valence-corrected chi connectivity index (χ0v) is 19.9. The number of nitrogens with zero attached hydrogens (tertiary/aromatic N) is 2. The van der Waals surface area contributed by atoms with E-state index in [0.29, 0.717) is 27.1 Å². The number of esters is 1. The van der Waals surface area contributed by atoms with Gasteiger partial charge in [0.2, 0.25) is 5.90 Å². The molecule has 0 saturated carbocycles. The second-order valence-electron chi connectivity index (χ2n) is 7.40. The summed E-state index contributed by atoms with van der Waals surface area (Å²) in [7, 11) is 1.50. The van der Waals surface area contributed by atoms with Crippen molar-refractivity contribution in [3.05, 3.63) is 103 Å². The van der Waals surface area contributed by atoms with E-state index in [1.54, 1.807) is 30.3 Å². The molecule has 34 heavy (non-hydrogen) atoms. The van der Waals surface area contributed by atoms with Gasteiger partial charge < -0.3 is 14.2 Å². The van der Waals surface area contributed by atoms with Crippen LogP contribution >= 0.6 is 15.9 Å². The standard InChI is InChI=1S/C25H19BrN2O6/c1-15-6-3-4-9-19(15)24-27-21(25(29)34-24)12-17-11-20(26)23(22(13-17)32-2)33-14-16-7-5-8-18(10-16)28(30)31/h3-13H,14H2,1-2H3/b21-12-. The van der Waals surface area contributed by atoms with Crippen molar-refractivity contribution in [3.8, 4) is 11.5 Å².